The van der Waals surface area contributed by atoms with Crippen LogP contribution >= 0.6 is 0 Å². The first-order chi connectivity index (χ1) is 62.4. The fourth-order valence-corrected chi connectivity index (χ4v) is 19.6. The molecule has 618 valence electrons. The van der Waals surface area contributed by atoms with Gasteiger partial charge in [-0.3, -0.25) is 0 Å². The molecule has 4 heterocycles. The molecular formula is C121H97N5O2. The summed E-state index contributed by atoms with van der Waals surface area (Å²) in [6.45, 7) is 21.1. The smallest absolute Gasteiger partial charge is 0.159 e. The van der Waals surface area contributed by atoms with Crippen molar-refractivity contribution in [2.45, 2.75) is 84.5 Å². The van der Waals surface area contributed by atoms with Crippen LogP contribution in [0.25, 0.3) is 127 Å². The van der Waals surface area contributed by atoms with Crippen molar-refractivity contribution in [1.29, 1.82) is 0 Å². The molecule has 22 rings (SSSR count). The van der Waals surface area contributed by atoms with Crippen LogP contribution < -0.4 is 20.0 Å². The highest BCUT2D eigenvalue weighted by atomic mass is 16.3. The second-order valence-corrected chi connectivity index (χ2v) is 37.2. The standard InChI is InChI=1S/C121H97N5O2/c1-119(2,3)84-62-65-98-110(75-84)126(116-102(80-41-20-12-21-42-80)73-86(121(7,8)9)74-103(116)83-44-34-43-81(69-83)82-61-68-107-104(70-82)92-51-28-31-56-106(92)125(107)89-49-26-15-27-50-89)111-77-91(124(88-47-24-14-25-48-88)109-58-36-55-96-94-53-30-33-60-113(94)128-118(96)109)64-67-99(111)114(98)97-66-63-90(123(87-45-22-13-23-46-87)108-57-35-54-95-93-52-29-32-59-112(93)127-117(95)108)76-105(97)122-115-100(78-37-16-10-17-38-78)71-85(120(4,5)6)72-101(115)79-39-18-11-19-40-79/h10-77,114,122H,1-9H3. The van der Waals surface area contributed by atoms with Gasteiger partial charge in [-0.05, 0) is 223 Å². The Morgan fingerprint density at radius 3 is 1.23 bits per heavy atom. The van der Waals surface area contributed by atoms with Gasteiger partial charge in [0.2, 0.25) is 0 Å². The molecule has 0 fully saturated rings. The van der Waals surface area contributed by atoms with E-state index in [0.29, 0.717) is 0 Å². The summed E-state index contributed by atoms with van der Waals surface area (Å²) in [6, 6.07) is 153. The van der Waals surface area contributed by atoms with Crippen molar-refractivity contribution in [3.05, 3.63) is 446 Å². The molecule has 7 heteroatoms. The van der Waals surface area contributed by atoms with Gasteiger partial charge in [0.15, 0.2) is 11.2 Å². The molecule has 0 amide bonds. The molecular weight excluding hydrogens is 1560 g/mol. The molecule has 0 aliphatic carbocycles. The quantitative estimate of drug-likeness (QED) is 0.104. The Morgan fingerprint density at radius 2 is 0.680 bits per heavy atom. The summed E-state index contributed by atoms with van der Waals surface area (Å²) in [6.07, 6.45) is 0. The van der Waals surface area contributed by atoms with E-state index in [-0.39, 0.29) is 16.2 Å². The number of fused-ring (bicyclic) bond motifs is 11. The number of nitrogens with one attached hydrogen (secondary N) is 1. The zero-order valence-corrected chi connectivity index (χ0v) is 73.4. The van der Waals surface area contributed by atoms with Crippen molar-refractivity contribution < 1.29 is 8.83 Å². The first-order valence-electron chi connectivity index (χ1n) is 44.6. The van der Waals surface area contributed by atoms with E-state index in [1.54, 1.807) is 0 Å². The van der Waals surface area contributed by atoms with Crippen LogP contribution in [0.15, 0.2) is 421 Å². The van der Waals surface area contributed by atoms with E-state index in [9.17, 15) is 0 Å². The van der Waals surface area contributed by atoms with Crippen LogP contribution in [0.2, 0.25) is 0 Å². The molecule has 0 radical (unpaired) electrons. The van der Waals surface area contributed by atoms with E-state index in [1.807, 2.05) is 0 Å². The second-order valence-electron chi connectivity index (χ2n) is 37.2. The average molecular weight is 1650 g/mol. The van der Waals surface area contributed by atoms with Crippen molar-refractivity contribution >= 4 is 128 Å². The molecule has 1 aliphatic rings. The third kappa shape index (κ3) is 13.8. The normalized spacial score (nSPS) is 12.9. The molecule has 128 heavy (non-hydrogen) atoms. The molecule has 1 N–H and O–H groups in total. The highest BCUT2D eigenvalue weighted by Gasteiger charge is 2.40. The van der Waals surface area contributed by atoms with Gasteiger partial charge in [0.05, 0.1) is 45.2 Å². The summed E-state index contributed by atoms with van der Waals surface area (Å²) in [5, 5.41) is 11.1. The lowest BCUT2D eigenvalue weighted by molar-refractivity contribution is 0.589. The maximum Gasteiger partial charge on any atom is 0.159 e. The molecule has 0 bridgehead atoms. The summed E-state index contributed by atoms with van der Waals surface area (Å²) >= 11 is 0. The third-order valence-electron chi connectivity index (χ3n) is 26.1. The van der Waals surface area contributed by atoms with Crippen LogP contribution in [0.5, 0.6) is 0 Å². The number of anilines is 11. The minimum absolute atomic E-state index is 0.219. The lowest BCUT2D eigenvalue weighted by Crippen LogP contribution is -2.26. The van der Waals surface area contributed by atoms with E-state index in [4.69, 9.17) is 8.83 Å². The van der Waals surface area contributed by atoms with Crippen molar-refractivity contribution in [1.82, 2.24) is 4.57 Å². The molecule has 1 aliphatic heterocycles. The Labute approximate surface area is 748 Å². The molecule has 21 aromatic rings. The number of benzene rings is 18. The predicted molar refractivity (Wildman–Crippen MR) is 540 cm³/mol. The van der Waals surface area contributed by atoms with Gasteiger partial charge in [-0.15, -0.1) is 0 Å². The van der Waals surface area contributed by atoms with Crippen molar-refractivity contribution in [3.63, 3.8) is 0 Å². The largest absolute Gasteiger partial charge is 0.454 e. The fraction of sp³-hybridized carbons (Fsp3) is 0.107. The van der Waals surface area contributed by atoms with Crippen LogP contribution in [0, 0.1) is 0 Å². The van der Waals surface area contributed by atoms with Gasteiger partial charge in [-0.25, -0.2) is 0 Å². The van der Waals surface area contributed by atoms with Crippen LogP contribution in [0.3, 0.4) is 0 Å². The van der Waals surface area contributed by atoms with Crippen molar-refractivity contribution in [3.8, 4) is 61.3 Å². The first kappa shape index (κ1) is 78.5. The van der Waals surface area contributed by atoms with E-state index in [2.05, 4.69) is 499 Å². The highest BCUT2D eigenvalue weighted by molar-refractivity contribution is 6.14. The number of furan rings is 2. The minimum atomic E-state index is -0.443. The summed E-state index contributed by atoms with van der Waals surface area (Å²) in [7, 11) is 0. The van der Waals surface area contributed by atoms with Crippen molar-refractivity contribution in [2.75, 3.05) is 20.0 Å². The Kier molecular flexibility index (Phi) is 19.2. The molecule has 0 spiro atoms. The maximum atomic E-state index is 7.15. The van der Waals surface area contributed by atoms with Crippen LogP contribution in [0.1, 0.15) is 102 Å². The fourth-order valence-electron chi connectivity index (χ4n) is 19.6. The minimum Gasteiger partial charge on any atom is -0.454 e. The van der Waals surface area contributed by atoms with E-state index < -0.39 is 5.92 Å². The van der Waals surface area contributed by atoms with Gasteiger partial charge in [0, 0.05) is 94.6 Å². The van der Waals surface area contributed by atoms with Crippen LogP contribution in [0.4, 0.5) is 62.6 Å². The van der Waals surface area contributed by atoms with Gasteiger partial charge < -0.3 is 33.4 Å². The SMILES string of the molecule is CC(C)(C)c1cc(-c2ccccc2)c(Nc2cc(N(c3ccccc3)c3cccc4c3oc3ccccc34)ccc2C2c3ccc(N(c4ccccc4)c4cccc5c4oc4ccccc45)cc3N(c3c(-c4ccccc4)cc(C(C)(C)C)cc3-c3cccc(-c4ccc5c(c4)c4ccccc4n5-c4ccccc4)c3)c3cc(C(C)(C)C)ccc32)c(-c2ccccc2)c1. The lowest BCUT2D eigenvalue weighted by atomic mass is 9.76. The molecule has 3 aromatic heterocycles. The van der Waals surface area contributed by atoms with Gasteiger partial charge in [-0.1, -0.05) is 335 Å². The topological polar surface area (TPSA) is 53.0 Å². The number of rotatable bonds is 16. The number of para-hydroxylation sites is 8. The predicted octanol–water partition coefficient (Wildman–Crippen LogP) is 34.5. The number of hydrogen-bond donors (Lipinski definition) is 1. The maximum absolute atomic E-state index is 7.15. The summed E-state index contributed by atoms with van der Waals surface area (Å²) in [5.41, 5.74) is 34.7. The molecule has 1 atom stereocenters. The highest BCUT2D eigenvalue weighted by Crippen LogP contribution is 2.61. The Morgan fingerprint density at radius 1 is 0.273 bits per heavy atom. The summed E-state index contributed by atoms with van der Waals surface area (Å²) < 4.78 is 16.6. The van der Waals surface area contributed by atoms with Crippen molar-refractivity contribution in [2.24, 2.45) is 0 Å². The Hall–Kier alpha value is -15.4. The molecule has 1 unspecified atom stereocenters. The average Bonchev–Trinajstić information content (AvgIpc) is 0.807. The monoisotopic (exact) mass is 1650 g/mol. The number of hydrogen-bond acceptors (Lipinski definition) is 6. The van der Waals surface area contributed by atoms with Crippen LogP contribution in [-0.4, -0.2) is 4.57 Å². The molecule has 0 saturated heterocycles. The van der Waals surface area contributed by atoms with Gasteiger partial charge >= 0.3 is 0 Å². The summed E-state index contributed by atoms with van der Waals surface area (Å²) in [4.78, 5) is 7.49. The third-order valence-corrected chi connectivity index (χ3v) is 26.1. The Bertz CT molecular complexity index is 7780. The van der Waals surface area contributed by atoms with E-state index in [0.717, 1.165) is 190 Å². The van der Waals surface area contributed by atoms with E-state index in [1.165, 1.54) is 33.0 Å². The first-order valence-corrected chi connectivity index (χ1v) is 44.6. The molecule has 7 nitrogen and oxygen atoms in total. The zero-order valence-electron chi connectivity index (χ0n) is 73.4. The van der Waals surface area contributed by atoms with Gasteiger partial charge in [-0.2, -0.15) is 0 Å². The zero-order chi connectivity index (χ0) is 86.7. The van der Waals surface area contributed by atoms with Crippen LogP contribution in [-0.2, 0) is 16.2 Å². The lowest BCUT2D eigenvalue weighted by Gasteiger charge is -2.42. The summed E-state index contributed by atoms with van der Waals surface area (Å²) in [5.74, 6) is -0.443. The Balaban J connectivity index is 0.853. The number of nitrogens with zero attached hydrogens (tertiary/aromatic N) is 4. The van der Waals surface area contributed by atoms with E-state index >= 15 is 0 Å². The second kappa shape index (κ2) is 31.4. The molecule has 0 saturated carbocycles. The number of aromatic nitrogens is 1. The molecule has 18 aromatic carbocycles. The van der Waals surface area contributed by atoms with Gasteiger partial charge in [0.25, 0.3) is 0 Å². The van der Waals surface area contributed by atoms with Gasteiger partial charge in [0.1, 0.15) is 11.2 Å².